The topological polar surface area (TPSA) is 27.7 Å². The fourth-order valence-electron chi connectivity index (χ4n) is 1.25. The van der Waals surface area contributed by atoms with E-state index in [4.69, 9.17) is 25.4 Å². The Morgan fingerprint density at radius 1 is 0.857 bits per heavy atom. The molecule has 0 amide bonds. The molecule has 0 aromatic heterocycles. The Kier molecular flexibility index (Phi) is 6.84. The van der Waals surface area contributed by atoms with E-state index in [-0.39, 0.29) is 0 Å². The van der Waals surface area contributed by atoms with Gasteiger partial charge >= 0.3 is 6.72 Å². The highest BCUT2D eigenvalue weighted by Crippen LogP contribution is 2.50. The molecule has 0 aliphatic rings. The zero-order valence-electron chi connectivity index (χ0n) is 13.9. The average molecular weight is 363 g/mol. The second kappa shape index (κ2) is 7.53. The van der Waals surface area contributed by atoms with Crippen molar-refractivity contribution in [2.24, 2.45) is 0 Å². The summed E-state index contributed by atoms with van der Waals surface area (Å²) in [6.07, 6.45) is 1.31. The van der Waals surface area contributed by atoms with Gasteiger partial charge in [-0.25, -0.2) is 0 Å². The Hall–Kier alpha value is 0.0238. The van der Waals surface area contributed by atoms with E-state index in [1.54, 1.807) is 0 Å². The second-order valence-corrected chi connectivity index (χ2v) is 21.3. The standard InChI is InChI=1S/C14H27O3PSSi2/c1-20(2,3)12-15-18(19,16-13-21(4,5)6)17-14-10-8-7-9-11-14/h7-11H,12-13H2,1-6H3. The van der Waals surface area contributed by atoms with Crippen LogP contribution in [-0.4, -0.2) is 28.6 Å². The van der Waals surface area contributed by atoms with Gasteiger partial charge in [-0.15, -0.1) is 0 Å². The van der Waals surface area contributed by atoms with Crippen LogP contribution in [0, 0.1) is 0 Å². The van der Waals surface area contributed by atoms with Crippen molar-refractivity contribution in [3.63, 3.8) is 0 Å². The molecule has 0 fully saturated rings. The van der Waals surface area contributed by atoms with Crippen LogP contribution in [0.25, 0.3) is 0 Å². The normalized spacial score (nSPS) is 13.2. The summed E-state index contributed by atoms with van der Waals surface area (Å²) >= 11 is 5.61. The lowest BCUT2D eigenvalue weighted by Gasteiger charge is -2.28. The minimum Gasteiger partial charge on any atom is -0.424 e. The summed E-state index contributed by atoms with van der Waals surface area (Å²) in [5, 5.41) is 0. The zero-order valence-corrected chi connectivity index (χ0v) is 17.6. The molecule has 0 bridgehead atoms. The van der Waals surface area contributed by atoms with E-state index in [0.717, 1.165) is 0 Å². The van der Waals surface area contributed by atoms with Crippen LogP contribution in [0.4, 0.5) is 0 Å². The maximum absolute atomic E-state index is 5.96. The number of hydrogen-bond acceptors (Lipinski definition) is 4. The minimum absolute atomic E-state index is 0.656. The van der Waals surface area contributed by atoms with E-state index >= 15 is 0 Å². The Balaban J connectivity index is 2.80. The quantitative estimate of drug-likeness (QED) is 0.476. The van der Waals surface area contributed by atoms with Gasteiger partial charge in [0.05, 0.1) is 16.1 Å². The molecule has 0 unspecified atom stereocenters. The third kappa shape index (κ3) is 8.91. The third-order valence-corrected chi connectivity index (χ3v) is 6.96. The van der Waals surface area contributed by atoms with Gasteiger partial charge in [0.2, 0.25) is 0 Å². The van der Waals surface area contributed by atoms with E-state index in [2.05, 4.69) is 39.3 Å². The molecule has 0 saturated heterocycles. The Morgan fingerprint density at radius 2 is 1.29 bits per heavy atom. The van der Waals surface area contributed by atoms with Gasteiger partial charge in [-0.1, -0.05) is 57.5 Å². The van der Waals surface area contributed by atoms with Crippen molar-refractivity contribution in [3.8, 4) is 5.75 Å². The van der Waals surface area contributed by atoms with Crippen molar-refractivity contribution in [2.45, 2.75) is 39.3 Å². The second-order valence-electron chi connectivity index (χ2n) is 7.52. The van der Waals surface area contributed by atoms with Gasteiger partial charge in [0.1, 0.15) is 5.75 Å². The van der Waals surface area contributed by atoms with E-state index in [9.17, 15) is 0 Å². The summed E-state index contributed by atoms with van der Waals surface area (Å²) in [6.45, 7) is 10.7. The molecular weight excluding hydrogens is 335 g/mol. The molecule has 0 radical (unpaired) electrons. The van der Waals surface area contributed by atoms with Gasteiger partial charge in [-0.3, -0.25) is 0 Å². The van der Waals surface area contributed by atoms with E-state index in [1.807, 2.05) is 30.3 Å². The molecular formula is C14H27O3PSSi2. The molecule has 0 spiro atoms. The van der Waals surface area contributed by atoms with Crippen molar-refractivity contribution >= 4 is 34.7 Å². The van der Waals surface area contributed by atoms with Crippen LogP contribution in [0.2, 0.25) is 39.3 Å². The number of hydrogen-bond donors (Lipinski definition) is 0. The van der Waals surface area contributed by atoms with Gasteiger partial charge in [0.15, 0.2) is 0 Å². The van der Waals surface area contributed by atoms with E-state index in [0.29, 0.717) is 18.2 Å². The number of benzene rings is 1. The third-order valence-electron chi connectivity index (χ3n) is 2.27. The monoisotopic (exact) mass is 362 g/mol. The predicted molar refractivity (Wildman–Crippen MR) is 100.0 cm³/mol. The Bertz CT molecular complexity index is 461. The number of rotatable bonds is 8. The molecule has 1 aromatic rings. The van der Waals surface area contributed by atoms with E-state index in [1.165, 1.54) is 0 Å². The molecule has 0 N–H and O–H groups in total. The maximum Gasteiger partial charge on any atom is 0.379 e. The van der Waals surface area contributed by atoms with Crippen LogP contribution in [0.1, 0.15) is 0 Å². The first-order chi connectivity index (χ1) is 9.49. The maximum atomic E-state index is 5.96. The molecule has 1 aromatic carbocycles. The lowest BCUT2D eigenvalue weighted by Crippen LogP contribution is -2.30. The molecule has 3 nitrogen and oxygen atoms in total. The predicted octanol–water partition coefficient (Wildman–Crippen LogP) is 5.08. The summed E-state index contributed by atoms with van der Waals surface area (Å²) in [7, 11) is -2.74. The number of para-hydroxylation sites is 1. The Labute approximate surface area is 136 Å². The fraction of sp³-hybridized carbons (Fsp3) is 0.571. The molecule has 0 aliphatic carbocycles. The highest BCUT2D eigenvalue weighted by atomic mass is 32.5. The highest BCUT2D eigenvalue weighted by Gasteiger charge is 2.29. The lowest BCUT2D eigenvalue weighted by atomic mass is 10.3. The summed E-state index contributed by atoms with van der Waals surface area (Å²) in [4.78, 5) is 0. The van der Waals surface area contributed by atoms with Crippen LogP contribution >= 0.6 is 6.72 Å². The van der Waals surface area contributed by atoms with Crippen LogP contribution < -0.4 is 4.52 Å². The smallest absolute Gasteiger partial charge is 0.379 e. The van der Waals surface area contributed by atoms with Crippen LogP contribution in [0.15, 0.2) is 30.3 Å². The van der Waals surface area contributed by atoms with Crippen LogP contribution in [0.3, 0.4) is 0 Å². The summed E-state index contributed by atoms with van der Waals surface area (Å²) in [6, 6.07) is 9.56. The van der Waals surface area contributed by atoms with Crippen LogP contribution in [0.5, 0.6) is 5.75 Å². The van der Waals surface area contributed by atoms with Gasteiger partial charge in [0, 0.05) is 24.3 Å². The molecule has 120 valence electrons. The first-order valence-corrected chi connectivity index (χ1v) is 17.1. The highest BCUT2D eigenvalue weighted by molar-refractivity contribution is 8.07. The lowest BCUT2D eigenvalue weighted by molar-refractivity contribution is 0.246. The van der Waals surface area contributed by atoms with Gasteiger partial charge in [-0.05, 0) is 12.1 Å². The van der Waals surface area contributed by atoms with Crippen LogP contribution in [-0.2, 0) is 20.9 Å². The van der Waals surface area contributed by atoms with Crippen molar-refractivity contribution in [3.05, 3.63) is 30.3 Å². The SMILES string of the molecule is C[Si](C)(C)COP(=S)(OC[Si](C)(C)C)Oc1ccccc1. The van der Waals surface area contributed by atoms with Crippen molar-refractivity contribution in [1.29, 1.82) is 0 Å². The summed E-state index contributed by atoms with van der Waals surface area (Å²) in [5.41, 5.74) is 0. The zero-order chi connectivity index (χ0) is 16.1. The van der Waals surface area contributed by atoms with E-state index < -0.39 is 22.9 Å². The summed E-state index contributed by atoms with van der Waals surface area (Å²) in [5.74, 6) is 0.715. The summed E-state index contributed by atoms with van der Waals surface area (Å²) < 4.78 is 17.8. The van der Waals surface area contributed by atoms with Gasteiger partial charge < -0.3 is 13.6 Å². The average Bonchev–Trinajstić information content (AvgIpc) is 2.34. The molecule has 0 saturated carbocycles. The first-order valence-electron chi connectivity index (χ1n) is 7.13. The Morgan fingerprint density at radius 3 is 1.67 bits per heavy atom. The molecule has 0 aliphatic heterocycles. The van der Waals surface area contributed by atoms with Crippen molar-refractivity contribution < 1.29 is 13.6 Å². The molecule has 1 rings (SSSR count). The van der Waals surface area contributed by atoms with Crippen molar-refractivity contribution in [1.82, 2.24) is 0 Å². The van der Waals surface area contributed by atoms with Gasteiger partial charge in [0.25, 0.3) is 0 Å². The molecule has 7 heteroatoms. The first kappa shape index (κ1) is 19.1. The van der Waals surface area contributed by atoms with Crippen molar-refractivity contribution in [2.75, 3.05) is 12.5 Å². The molecule has 0 heterocycles. The molecule has 21 heavy (non-hydrogen) atoms. The van der Waals surface area contributed by atoms with Gasteiger partial charge in [-0.2, -0.15) is 0 Å². The minimum atomic E-state index is -2.73. The fourth-order valence-corrected chi connectivity index (χ4v) is 7.38. The molecule has 0 atom stereocenters. The largest absolute Gasteiger partial charge is 0.424 e.